The van der Waals surface area contributed by atoms with Gasteiger partial charge in [0.15, 0.2) is 11.5 Å². The molecule has 0 atom stereocenters. The predicted molar refractivity (Wildman–Crippen MR) is 74.4 cm³/mol. The van der Waals surface area contributed by atoms with E-state index in [1.165, 1.54) is 7.11 Å². The summed E-state index contributed by atoms with van der Waals surface area (Å²) >= 11 is 0. The summed E-state index contributed by atoms with van der Waals surface area (Å²) in [6, 6.07) is 9.66. The summed E-state index contributed by atoms with van der Waals surface area (Å²) in [5, 5.41) is 4.82. The maximum Gasteiger partial charge on any atom is 0.360 e. The van der Waals surface area contributed by atoms with Gasteiger partial charge in [-0.05, 0) is 13.0 Å². The lowest BCUT2D eigenvalue weighted by molar-refractivity contribution is 0.0589. The number of fused-ring (bicyclic) bond motifs is 1. The monoisotopic (exact) mass is 270 g/mol. The van der Waals surface area contributed by atoms with E-state index < -0.39 is 5.97 Å². The van der Waals surface area contributed by atoms with Gasteiger partial charge in [-0.2, -0.15) is 0 Å². The van der Waals surface area contributed by atoms with E-state index in [9.17, 15) is 4.79 Å². The largest absolute Gasteiger partial charge is 0.464 e. The number of carbonyl (C=O) groups excluding carboxylic acids is 1. The number of para-hydroxylation sites is 1. The molecule has 5 heteroatoms. The Morgan fingerprint density at radius 2 is 2.20 bits per heavy atom. The first-order chi connectivity index (χ1) is 9.74. The third-order valence-electron chi connectivity index (χ3n) is 3.30. The van der Waals surface area contributed by atoms with Crippen LogP contribution in [0.4, 0.5) is 0 Å². The van der Waals surface area contributed by atoms with Gasteiger partial charge in [0.05, 0.1) is 7.11 Å². The molecular formula is C15H14N2O3. The highest BCUT2D eigenvalue weighted by Crippen LogP contribution is 2.31. The lowest BCUT2D eigenvalue weighted by atomic mass is 10.1. The molecule has 0 amide bonds. The van der Waals surface area contributed by atoms with Crippen molar-refractivity contribution >= 4 is 16.9 Å². The Labute approximate surface area is 115 Å². The minimum Gasteiger partial charge on any atom is -0.464 e. The Morgan fingerprint density at radius 1 is 1.40 bits per heavy atom. The maximum atomic E-state index is 11.4. The fraction of sp³-hybridized carbons (Fsp3) is 0.200. The molecule has 0 saturated carbocycles. The number of carbonyl (C=O) groups is 1. The van der Waals surface area contributed by atoms with Crippen molar-refractivity contribution in [3.8, 4) is 11.3 Å². The topological polar surface area (TPSA) is 57.3 Å². The second-order valence-corrected chi connectivity index (χ2v) is 4.41. The van der Waals surface area contributed by atoms with Crippen LogP contribution < -0.4 is 0 Å². The number of benzene rings is 1. The van der Waals surface area contributed by atoms with Crippen LogP contribution in [0, 0.1) is 0 Å². The van der Waals surface area contributed by atoms with E-state index in [1.807, 2.05) is 24.4 Å². The third kappa shape index (κ3) is 1.87. The summed E-state index contributed by atoms with van der Waals surface area (Å²) in [4.78, 5) is 11.4. The molecule has 3 aromatic rings. The van der Waals surface area contributed by atoms with Gasteiger partial charge in [0.2, 0.25) is 0 Å². The highest BCUT2D eigenvalue weighted by Gasteiger charge is 2.17. The second kappa shape index (κ2) is 4.85. The highest BCUT2D eigenvalue weighted by molar-refractivity contribution is 5.96. The number of aryl methyl sites for hydroxylation is 1. The van der Waals surface area contributed by atoms with Gasteiger partial charge in [-0.25, -0.2) is 4.79 Å². The first-order valence-corrected chi connectivity index (χ1v) is 6.38. The van der Waals surface area contributed by atoms with Crippen LogP contribution in [-0.2, 0) is 11.3 Å². The van der Waals surface area contributed by atoms with Crippen molar-refractivity contribution in [3.05, 3.63) is 42.2 Å². The molecule has 0 radical (unpaired) electrons. The van der Waals surface area contributed by atoms with Crippen molar-refractivity contribution < 1.29 is 14.1 Å². The second-order valence-electron chi connectivity index (χ2n) is 4.41. The number of hydrogen-bond donors (Lipinski definition) is 0. The summed E-state index contributed by atoms with van der Waals surface area (Å²) in [6.45, 7) is 2.94. The van der Waals surface area contributed by atoms with Crippen LogP contribution in [0.25, 0.3) is 22.2 Å². The van der Waals surface area contributed by atoms with Crippen LogP contribution in [0.3, 0.4) is 0 Å². The summed E-state index contributed by atoms with van der Waals surface area (Å²) in [7, 11) is 1.32. The first-order valence-electron chi connectivity index (χ1n) is 6.38. The molecule has 0 unspecified atom stereocenters. The van der Waals surface area contributed by atoms with Gasteiger partial charge < -0.3 is 13.8 Å². The lowest BCUT2D eigenvalue weighted by Crippen LogP contribution is -2.00. The van der Waals surface area contributed by atoms with Crippen molar-refractivity contribution in [2.75, 3.05) is 7.11 Å². The Kier molecular flexibility index (Phi) is 3.02. The van der Waals surface area contributed by atoms with Gasteiger partial charge >= 0.3 is 5.97 Å². The van der Waals surface area contributed by atoms with Gasteiger partial charge in [-0.1, -0.05) is 23.4 Å². The lowest BCUT2D eigenvalue weighted by Gasteiger charge is -1.97. The maximum absolute atomic E-state index is 11.4. The number of methoxy groups -OCH3 is 1. The smallest absolute Gasteiger partial charge is 0.360 e. The minimum atomic E-state index is -0.501. The summed E-state index contributed by atoms with van der Waals surface area (Å²) in [5.74, 6) is 0.0630. The summed E-state index contributed by atoms with van der Waals surface area (Å²) in [5.41, 5.74) is 2.22. The molecule has 0 aliphatic rings. The van der Waals surface area contributed by atoms with E-state index in [2.05, 4.69) is 27.5 Å². The number of aromatic nitrogens is 2. The zero-order valence-corrected chi connectivity index (χ0v) is 11.3. The average Bonchev–Trinajstić information content (AvgIpc) is 3.10. The molecule has 3 rings (SSSR count). The van der Waals surface area contributed by atoms with Crippen molar-refractivity contribution in [2.45, 2.75) is 13.5 Å². The van der Waals surface area contributed by atoms with Gasteiger partial charge in [0, 0.05) is 35.3 Å². The van der Waals surface area contributed by atoms with Gasteiger partial charge in [-0.3, -0.25) is 0 Å². The number of nitrogens with zero attached hydrogens (tertiary/aromatic N) is 2. The van der Waals surface area contributed by atoms with Gasteiger partial charge in [0.25, 0.3) is 0 Å². The fourth-order valence-electron chi connectivity index (χ4n) is 2.31. The molecule has 20 heavy (non-hydrogen) atoms. The summed E-state index contributed by atoms with van der Waals surface area (Å²) < 4.78 is 12.0. The van der Waals surface area contributed by atoms with Crippen LogP contribution in [0.2, 0.25) is 0 Å². The Bertz CT molecular complexity index is 770. The normalized spacial score (nSPS) is 10.9. The zero-order valence-electron chi connectivity index (χ0n) is 11.3. The SMILES string of the molecule is CCn1cc(-c2cc(C(=O)OC)no2)c2ccccc21. The molecule has 2 heterocycles. The number of ether oxygens (including phenoxy) is 1. The third-order valence-corrected chi connectivity index (χ3v) is 3.30. The molecule has 102 valence electrons. The molecule has 2 aromatic heterocycles. The van der Waals surface area contributed by atoms with E-state index in [1.54, 1.807) is 6.07 Å². The van der Waals surface area contributed by atoms with Crippen LogP contribution in [-0.4, -0.2) is 22.8 Å². The fourth-order valence-corrected chi connectivity index (χ4v) is 2.31. The average molecular weight is 270 g/mol. The van der Waals surface area contributed by atoms with Gasteiger partial charge in [-0.15, -0.1) is 0 Å². The quantitative estimate of drug-likeness (QED) is 0.686. The predicted octanol–water partition coefficient (Wildman–Crippen LogP) is 3.10. The molecule has 0 saturated heterocycles. The van der Waals surface area contributed by atoms with Crippen molar-refractivity contribution in [1.82, 2.24) is 9.72 Å². The van der Waals surface area contributed by atoms with Crippen molar-refractivity contribution in [2.24, 2.45) is 0 Å². The molecule has 0 N–H and O–H groups in total. The molecule has 1 aromatic carbocycles. The molecule has 0 aliphatic heterocycles. The van der Waals surface area contributed by atoms with Crippen LogP contribution in [0.15, 0.2) is 41.1 Å². The van der Waals surface area contributed by atoms with E-state index >= 15 is 0 Å². The van der Waals surface area contributed by atoms with E-state index in [0.29, 0.717) is 5.76 Å². The van der Waals surface area contributed by atoms with Gasteiger partial charge in [0.1, 0.15) is 0 Å². The molecule has 0 bridgehead atoms. The van der Waals surface area contributed by atoms with Crippen LogP contribution >= 0.6 is 0 Å². The molecule has 5 nitrogen and oxygen atoms in total. The summed E-state index contributed by atoms with van der Waals surface area (Å²) in [6.07, 6.45) is 2.01. The Balaban J connectivity index is 2.14. The number of esters is 1. The molecule has 0 spiro atoms. The van der Waals surface area contributed by atoms with Crippen molar-refractivity contribution in [3.63, 3.8) is 0 Å². The van der Waals surface area contributed by atoms with Crippen molar-refractivity contribution in [1.29, 1.82) is 0 Å². The van der Waals surface area contributed by atoms with Crippen LogP contribution in [0.1, 0.15) is 17.4 Å². The first kappa shape index (κ1) is 12.5. The Morgan fingerprint density at radius 3 is 2.95 bits per heavy atom. The minimum absolute atomic E-state index is 0.177. The van der Waals surface area contributed by atoms with E-state index in [0.717, 1.165) is 23.0 Å². The zero-order chi connectivity index (χ0) is 14.1. The standard InChI is InChI=1S/C15H14N2O3/c1-3-17-9-11(10-6-4-5-7-13(10)17)14-8-12(16-20-14)15(18)19-2/h4-9H,3H2,1-2H3. The molecule has 0 aliphatic carbocycles. The number of rotatable bonds is 3. The van der Waals surface area contributed by atoms with E-state index in [-0.39, 0.29) is 5.69 Å². The highest BCUT2D eigenvalue weighted by atomic mass is 16.5. The Hall–Kier alpha value is -2.56. The molecule has 0 fully saturated rings. The van der Waals surface area contributed by atoms with E-state index in [4.69, 9.17) is 4.52 Å². The van der Waals surface area contributed by atoms with Crippen LogP contribution in [0.5, 0.6) is 0 Å². The number of hydrogen-bond acceptors (Lipinski definition) is 4. The molecular weight excluding hydrogens is 256 g/mol.